The number of benzene rings is 2. The Hall–Kier alpha value is -2.27. The first-order valence-corrected chi connectivity index (χ1v) is 6.15. The molecule has 0 heterocycles. The fourth-order valence-corrected chi connectivity index (χ4v) is 1.67. The molecule has 1 amide bonds. The van der Waals surface area contributed by atoms with E-state index >= 15 is 0 Å². The summed E-state index contributed by atoms with van der Waals surface area (Å²) in [6.07, 6.45) is 0. The Balaban J connectivity index is 2.20. The van der Waals surface area contributed by atoms with Gasteiger partial charge in [-0.2, -0.15) is 0 Å². The van der Waals surface area contributed by atoms with Gasteiger partial charge in [0.2, 0.25) is 0 Å². The van der Waals surface area contributed by atoms with Gasteiger partial charge in [-0.3, -0.25) is 4.79 Å². The normalized spacial score (nSPS) is 10.1. The largest absolute Gasteiger partial charge is 0.456 e. The summed E-state index contributed by atoms with van der Waals surface area (Å²) in [5, 5.41) is 2.76. The molecule has 20 heavy (non-hydrogen) atoms. The highest BCUT2D eigenvalue weighted by molar-refractivity contribution is 6.32. The van der Waals surface area contributed by atoms with Crippen molar-refractivity contribution in [2.24, 2.45) is 0 Å². The summed E-state index contributed by atoms with van der Waals surface area (Å²) in [6.45, 7) is -1.09. The zero-order valence-corrected chi connectivity index (χ0v) is 11.2. The molecule has 0 aliphatic heterocycles. The minimum absolute atomic E-state index is 0.355. The predicted molar refractivity (Wildman–Crippen MR) is 77.0 cm³/mol. The second kappa shape index (κ2) is 6.25. The van der Waals surface area contributed by atoms with Gasteiger partial charge in [0.15, 0.2) is 6.67 Å². The monoisotopic (exact) mass is 294 g/mol. The summed E-state index contributed by atoms with van der Waals surface area (Å²) in [6, 6.07) is 11.4. The summed E-state index contributed by atoms with van der Waals surface area (Å²) in [7, 11) is 0. The van der Waals surface area contributed by atoms with Gasteiger partial charge in [0.1, 0.15) is 11.5 Å². The van der Waals surface area contributed by atoms with E-state index < -0.39 is 12.6 Å². The summed E-state index contributed by atoms with van der Waals surface area (Å²) in [5.41, 5.74) is 6.60. The van der Waals surface area contributed by atoms with Gasteiger partial charge in [-0.15, -0.1) is 0 Å². The Morgan fingerprint density at radius 3 is 2.60 bits per heavy atom. The van der Waals surface area contributed by atoms with Crippen LogP contribution in [0.2, 0.25) is 5.02 Å². The van der Waals surface area contributed by atoms with Gasteiger partial charge in [-0.1, -0.05) is 11.6 Å². The van der Waals surface area contributed by atoms with Crippen LogP contribution >= 0.6 is 11.6 Å². The third-order valence-electron chi connectivity index (χ3n) is 2.44. The van der Waals surface area contributed by atoms with E-state index in [9.17, 15) is 9.18 Å². The highest BCUT2D eigenvalue weighted by Crippen LogP contribution is 2.32. The molecule has 0 saturated carbocycles. The maximum Gasteiger partial charge on any atom is 0.255 e. The molecule has 0 unspecified atom stereocenters. The number of halogens is 2. The molecule has 6 heteroatoms. The van der Waals surface area contributed by atoms with E-state index in [1.807, 2.05) is 0 Å². The topological polar surface area (TPSA) is 64.3 Å². The zero-order valence-electron chi connectivity index (χ0n) is 10.4. The first kappa shape index (κ1) is 14.1. The fraction of sp³-hybridized carbons (Fsp3) is 0.0714. The van der Waals surface area contributed by atoms with Crippen molar-refractivity contribution in [3.8, 4) is 11.5 Å². The average Bonchev–Trinajstić information content (AvgIpc) is 2.45. The van der Waals surface area contributed by atoms with Gasteiger partial charge in [0, 0.05) is 17.4 Å². The van der Waals surface area contributed by atoms with Crippen molar-refractivity contribution in [1.82, 2.24) is 0 Å². The van der Waals surface area contributed by atoms with Gasteiger partial charge in [-0.25, -0.2) is 4.39 Å². The van der Waals surface area contributed by atoms with Gasteiger partial charge in [0.25, 0.3) is 5.91 Å². The molecule has 104 valence electrons. The molecule has 0 radical (unpaired) electrons. The number of hydrogen-bond donors (Lipinski definition) is 2. The Kier molecular flexibility index (Phi) is 4.42. The van der Waals surface area contributed by atoms with Crippen LogP contribution in [0.5, 0.6) is 11.5 Å². The molecule has 0 aliphatic rings. The molecule has 0 bridgehead atoms. The molecule has 2 aromatic carbocycles. The van der Waals surface area contributed by atoms with Crippen LogP contribution < -0.4 is 15.8 Å². The lowest BCUT2D eigenvalue weighted by Gasteiger charge is -2.10. The number of anilines is 2. The van der Waals surface area contributed by atoms with Gasteiger partial charge in [0.05, 0.1) is 5.02 Å². The molecule has 2 aromatic rings. The Morgan fingerprint density at radius 1 is 1.25 bits per heavy atom. The van der Waals surface area contributed by atoms with E-state index in [1.165, 1.54) is 6.07 Å². The minimum atomic E-state index is -1.09. The van der Waals surface area contributed by atoms with E-state index in [-0.39, 0.29) is 0 Å². The molecule has 2 rings (SSSR count). The van der Waals surface area contributed by atoms with Crippen LogP contribution in [0.15, 0.2) is 42.5 Å². The highest BCUT2D eigenvalue weighted by atomic mass is 35.5. The van der Waals surface area contributed by atoms with E-state index in [0.717, 1.165) is 0 Å². The zero-order chi connectivity index (χ0) is 14.5. The molecular weight excluding hydrogens is 283 g/mol. The number of amides is 1. The van der Waals surface area contributed by atoms with E-state index in [1.54, 1.807) is 36.4 Å². The molecule has 0 fully saturated rings. The van der Waals surface area contributed by atoms with Crippen LogP contribution in [0, 0.1) is 0 Å². The standard InChI is InChI=1S/C14H12ClFN2O2/c15-12-6-3-10(18-14(19)8-16)7-13(12)20-11-4-1-9(17)2-5-11/h1-7H,8,17H2,(H,18,19). The van der Waals surface area contributed by atoms with Gasteiger partial charge >= 0.3 is 0 Å². The Bertz CT molecular complexity index is 617. The van der Waals surface area contributed by atoms with Crippen molar-refractivity contribution >= 4 is 28.9 Å². The molecule has 3 N–H and O–H groups in total. The van der Waals surface area contributed by atoms with Crippen LogP contribution in [0.4, 0.5) is 15.8 Å². The Labute approximate surface area is 120 Å². The third kappa shape index (κ3) is 3.61. The van der Waals surface area contributed by atoms with Crippen LogP contribution in [0.25, 0.3) is 0 Å². The smallest absolute Gasteiger partial charge is 0.255 e. The molecular formula is C14H12ClFN2O2. The van der Waals surface area contributed by atoms with Crippen molar-refractivity contribution in [3.05, 3.63) is 47.5 Å². The number of carbonyl (C=O) groups is 1. The van der Waals surface area contributed by atoms with Crippen molar-refractivity contribution in [2.75, 3.05) is 17.7 Å². The number of ether oxygens (including phenoxy) is 1. The quantitative estimate of drug-likeness (QED) is 0.846. The summed E-state index contributed by atoms with van der Waals surface area (Å²) >= 11 is 6.01. The SMILES string of the molecule is Nc1ccc(Oc2cc(NC(=O)CF)ccc2Cl)cc1. The fourth-order valence-electron chi connectivity index (χ4n) is 1.52. The van der Waals surface area contributed by atoms with Gasteiger partial charge in [-0.05, 0) is 36.4 Å². The lowest BCUT2D eigenvalue weighted by Crippen LogP contribution is -2.12. The number of nitrogen functional groups attached to an aromatic ring is 1. The van der Waals surface area contributed by atoms with Crippen LogP contribution in [-0.4, -0.2) is 12.6 Å². The van der Waals surface area contributed by atoms with E-state index in [2.05, 4.69) is 5.32 Å². The number of carbonyl (C=O) groups excluding carboxylic acids is 1. The Morgan fingerprint density at radius 2 is 1.95 bits per heavy atom. The maximum absolute atomic E-state index is 12.2. The predicted octanol–water partition coefficient (Wildman–Crippen LogP) is 3.62. The van der Waals surface area contributed by atoms with E-state index in [0.29, 0.717) is 27.9 Å². The van der Waals surface area contributed by atoms with Crippen LogP contribution in [0.1, 0.15) is 0 Å². The van der Waals surface area contributed by atoms with Crippen LogP contribution in [0.3, 0.4) is 0 Å². The van der Waals surface area contributed by atoms with Crippen molar-refractivity contribution in [3.63, 3.8) is 0 Å². The van der Waals surface area contributed by atoms with Gasteiger partial charge < -0.3 is 15.8 Å². The first-order chi connectivity index (χ1) is 9.58. The van der Waals surface area contributed by atoms with Crippen LogP contribution in [-0.2, 0) is 4.79 Å². The average molecular weight is 295 g/mol. The number of nitrogens with one attached hydrogen (secondary N) is 1. The summed E-state index contributed by atoms with van der Waals surface area (Å²) < 4.78 is 17.7. The molecule has 0 spiro atoms. The molecule has 0 aliphatic carbocycles. The molecule has 4 nitrogen and oxygen atoms in total. The van der Waals surface area contributed by atoms with Crippen molar-refractivity contribution in [1.29, 1.82) is 0 Å². The third-order valence-corrected chi connectivity index (χ3v) is 2.76. The maximum atomic E-state index is 12.2. The number of alkyl halides is 1. The van der Waals surface area contributed by atoms with Crippen molar-refractivity contribution in [2.45, 2.75) is 0 Å². The number of rotatable bonds is 4. The summed E-state index contributed by atoms with van der Waals surface area (Å²) in [4.78, 5) is 11.0. The molecule has 0 atom stereocenters. The van der Waals surface area contributed by atoms with E-state index in [4.69, 9.17) is 22.1 Å². The molecule has 0 aromatic heterocycles. The van der Waals surface area contributed by atoms with Crippen molar-refractivity contribution < 1.29 is 13.9 Å². The highest BCUT2D eigenvalue weighted by Gasteiger charge is 2.07. The summed E-state index contributed by atoms with van der Waals surface area (Å²) in [5.74, 6) is 0.175. The molecule has 0 saturated heterocycles. The lowest BCUT2D eigenvalue weighted by molar-refractivity contribution is -0.117. The second-order valence-corrected chi connectivity index (χ2v) is 4.41. The lowest BCUT2D eigenvalue weighted by atomic mass is 10.3. The second-order valence-electron chi connectivity index (χ2n) is 4.00. The minimum Gasteiger partial charge on any atom is -0.456 e. The number of nitrogens with two attached hydrogens (primary N) is 1. The first-order valence-electron chi connectivity index (χ1n) is 5.77. The number of hydrogen-bond acceptors (Lipinski definition) is 3.